The van der Waals surface area contributed by atoms with Crippen molar-refractivity contribution < 1.29 is 24.7 Å². The average molecular weight is 419 g/mol. The number of piperazine rings is 1. The predicted molar refractivity (Wildman–Crippen MR) is 116 cm³/mol. The minimum Gasteiger partial charge on any atom is -0.480 e. The zero-order valence-corrected chi connectivity index (χ0v) is 17.8. The molecule has 0 radical (unpaired) electrons. The molecule has 2 rings (SSSR count). The maximum absolute atomic E-state index is 12.6. The van der Waals surface area contributed by atoms with Gasteiger partial charge < -0.3 is 25.8 Å². The first-order chi connectivity index (χ1) is 14.2. The van der Waals surface area contributed by atoms with Crippen LogP contribution in [-0.2, 0) is 4.79 Å². The van der Waals surface area contributed by atoms with E-state index in [2.05, 4.69) is 4.90 Å². The Labute approximate surface area is 178 Å². The second kappa shape index (κ2) is 11.5. The van der Waals surface area contributed by atoms with Crippen molar-refractivity contribution in [3.8, 4) is 0 Å². The SMILES string of the molecule is Cc1cccc(C(=O)N2CCN(CCCC(N)(CCCCB(O)O)C(=O)O)CC2)c1. The van der Waals surface area contributed by atoms with Gasteiger partial charge in [-0.1, -0.05) is 30.5 Å². The summed E-state index contributed by atoms with van der Waals surface area (Å²) in [7, 11) is -1.36. The summed E-state index contributed by atoms with van der Waals surface area (Å²) in [5.41, 5.74) is 6.61. The van der Waals surface area contributed by atoms with E-state index < -0.39 is 18.6 Å². The largest absolute Gasteiger partial charge is 0.480 e. The molecule has 1 aromatic carbocycles. The van der Waals surface area contributed by atoms with Crippen molar-refractivity contribution in [1.29, 1.82) is 0 Å². The number of carboxylic acid groups (broad SMARTS) is 1. The molecule has 30 heavy (non-hydrogen) atoms. The Morgan fingerprint density at radius 2 is 1.77 bits per heavy atom. The molecule has 1 aromatic rings. The van der Waals surface area contributed by atoms with Gasteiger partial charge in [0, 0.05) is 31.7 Å². The molecular formula is C21H34BN3O5. The highest BCUT2D eigenvalue weighted by atomic mass is 16.4. The van der Waals surface area contributed by atoms with Crippen LogP contribution in [0.3, 0.4) is 0 Å². The van der Waals surface area contributed by atoms with Crippen LogP contribution in [-0.4, -0.2) is 82.2 Å². The molecule has 1 aliphatic heterocycles. The van der Waals surface area contributed by atoms with Crippen LogP contribution < -0.4 is 5.73 Å². The standard InChI is InChI=1S/C21H34BN3O5/c1-17-6-4-7-18(16-17)19(26)25-14-12-24(13-15-25)11-5-9-21(23,20(27)28)8-2-3-10-22(29)30/h4,6-7,16,29-30H,2-3,5,8-15,23H2,1H3,(H,27,28). The Bertz CT molecular complexity index is 710. The van der Waals surface area contributed by atoms with Gasteiger partial charge >= 0.3 is 13.1 Å². The van der Waals surface area contributed by atoms with Crippen molar-refractivity contribution in [2.45, 2.75) is 50.9 Å². The second-order valence-electron chi connectivity index (χ2n) is 8.29. The van der Waals surface area contributed by atoms with Gasteiger partial charge in [0.2, 0.25) is 0 Å². The lowest BCUT2D eigenvalue weighted by atomic mass is 9.81. The number of nitrogens with zero attached hydrogens (tertiary/aromatic N) is 2. The number of hydrogen-bond donors (Lipinski definition) is 4. The smallest absolute Gasteiger partial charge is 0.451 e. The summed E-state index contributed by atoms with van der Waals surface area (Å²) in [6.07, 6.45) is 2.64. The molecule has 0 aliphatic carbocycles. The number of rotatable bonds is 11. The predicted octanol–water partition coefficient (Wildman–Crippen LogP) is 0.958. The molecule has 0 spiro atoms. The van der Waals surface area contributed by atoms with Gasteiger partial charge in [-0.2, -0.15) is 0 Å². The molecule has 0 bridgehead atoms. The van der Waals surface area contributed by atoms with Crippen molar-refractivity contribution in [3.05, 3.63) is 35.4 Å². The van der Waals surface area contributed by atoms with E-state index in [9.17, 15) is 14.7 Å². The molecule has 1 atom stereocenters. The van der Waals surface area contributed by atoms with E-state index in [0.29, 0.717) is 50.8 Å². The van der Waals surface area contributed by atoms with Crippen LogP contribution in [0, 0.1) is 6.92 Å². The second-order valence-corrected chi connectivity index (χ2v) is 8.29. The van der Waals surface area contributed by atoms with E-state index in [1.54, 1.807) is 0 Å². The molecule has 0 aromatic heterocycles. The molecule has 1 heterocycles. The van der Waals surface area contributed by atoms with Crippen LogP contribution in [0.15, 0.2) is 24.3 Å². The number of nitrogens with two attached hydrogens (primary N) is 1. The third-order valence-electron chi connectivity index (χ3n) is 5.78. The Hall–Kier alpha value is -1.94. The minimum absolute atomic E-state index is 0.0539. The molecule has 0 saturated carbocycles. The van der Waals surface area contributed by atoms with Crippen molar-refractivity contribution >= 4 is 19.0 Å². The van der Waals surface area contributed by atoms with E-state index in [1.807, 2.05) is 36.1 Å². The number of aryl methyl sites for hydroxylation is 1. The first-order valence-electron chi connectivity index (χ1n) is 10.7. The lowest BCUT2D eigenvalue weighted by Gasteiger charge is -2.35. The monoisotopic (exact) mass is 419 g/mol. The van der Waals surface area contributed by atoms with Crippen LogP contribution in [0.5, 0.6) is 0 Å². The zero-order valence-electron chi connectivity index (χ0n) is 17.8. The van der Waals surface area contributed by atoms with Gasteiger partial charge in [-0.05, 0) is 51.2 Å². The van der Waals surface area contributed by atoms with Gasteiger partial charge in [-0.3, -0.25) is 14.5 Å². The molecule has 1 unspecified atom stereocenters. The summed E-state index contributed by atoms with van der Waals surface area (Å²) in [5, 5.41) is 27.3. The Morgan fingerprint density at radius 1 is 1.10 bits per heavy atom. The maximum atomic E-state index is 12.6. The summed E-state index contributed by atoms with van der Waals surface area (Å²) >= 11 is 0. The lowest BCUT2D eigenvalue weighted by Crippen LogP contribution is -2.50. The van der Waals surface area contributed by atoms with E-state index in [4.69, 9.17) is 15.8 Å². The third kappa shape index (κ3) is 7.39. The highest BCUT2D eigenvalue weighted by Gasteiger charge is 2.33. The summed E-state index contributed by atoms with van der Waals surface area (Å²) in [6.45, 7) is 5.55. The van der Waals surface area contributed by atoms with Crippen LogP contribution in [0.1, 0.15) is 48.0 Å². The number of carbonyl (C=O) groups is 2. The number of hydrogen-bond acceptors (Lipinski definition) is 6. The topological polar surface area (TPSA) is 127 Å². The molecule has 1 fully saturated rings. The fourth-order valence-electron chi connectivity index (χ4n) is 3.86. The molecule has 5 N–H and O–H groups in total. The van der Waals surface area contributed by atoms with E-state index in [1.165, 1.54) is 0 Å². The third-order valence-corrected chi connectivity index (χ3v) is 5.78. The van der Waals surface area contributed by atoms with Crippen LogP contribution in [0.2, 0.25) is 6.32 Å². The lowest BCUT2D eigenvalue weighted by molar-refractivity contribution is -0.144. The number of carbonyl (C=O) groups excluding carboxylic acids is 1. The highest BCUT2D eigenvalue weighted by Crippen LogP contribution is 2.20. The number of benzene rings is 1. The van der Waals surface area contributed by atoms with Crippen LogP contribution >= 0.6 is 0 Å². The van der Waals surface area contributed by atoms with Crippen molar-refractivity contribution in [1.82, 2.24) is 9.80 Å². The minimum atomic E-state index is -1.36. The molecule has 8 nitrogen and oxygen atoms in total. The highest BCUT2D eigenvalue weighted by molar-refractivity contribution is 6.40. The number of amides is 1. The van der Waals surface area contributed by atoms with Gasteiger partial charge in [0.05, 0.1) is 0 Å². The zero-order chi connectivity index (χ0) is 22.1. The van der Waals surface area contributed by atoms with E-state index in [0.717, 1.165) is 25.2 Å². The first kappa shape index (κ1) is 24.3. The van der Waals surface area contributed by atoms with E-state index >= 15 is 0 Å². The van der Waals surface area contributed by atoms with Crippen molar-refractivity contribution in [2.75, 3.05) is 32.7 Å². The van der Waals surface area contributed by atoms with Gasteiger partial charge in [0.15, 0.2) is 0 Å². The molecule has 1 amide bonds. The fraction of sp³-hybridized carbons (Fsp3) is 0.619. The first-order valence-corrected chi connectivity index (χ1v) is 10.7. The van der Waals surface area contributed by atoms with Crippen molar-refractivity contribution in [3.63, 3.8) is 0 Å². The molecule has 1 saturated heterocycles. The number of aliphatic carboxylic acids is 1. The van der Waals surface area contributed by atoms with Gasteiger partial charge in [-0.15, -0.1) is 0 Å². The maximum Gasteiger partial charge on any atom is 0.451 e. The van der Waals surface area contributed by atoms with Crippen LogP contribution in [0.4, 0.5) is 0 Å². The normalized spacial score (nSPS) is 16.9. The summed E-state index contributed by atoms with van der Waals surface area (Å²) in [6, 6.07) is 7.62. The number of unbranched alkanes of at least 4 members (excludes halogenated alkanes) is 1. The van der Waals surface area contributed by atoms with Crippen molar-refractivity contribution in [2.24, 2.45) is 5.73 Å². The van der Waals surface area contributed by atoms with Gasteiger partial charge in [0.25, 0.3) is 5.91 Å². The van der Waals surface area contributed by atoms with E-state index in [-0.39, 0.29) is 12.2 Å². The fourth-order valence-corrected chi connectivity index (χ4v) is 3.86. The Kier molecular flexibility index (Phi) is 9.29. The molecule has 9 heteroatoms. The average Bonchev–Trinajstić information content (AvgIpc) is 2.71. The van der Waals surface area contributed by atoms with Crippen LogP contribution in [0.25, 0.3) is 0 Å². The Balaban J connectivity index is 1.73. The molecule has 166 valence electrons. The molecular weight excluding hydrogens is 385 g/mol. The quantitative estimate of drug-likeness (QED) is 0.311. The summed E-state index contributed by atoms with van der Waals surface area (Å²) in [5.74, 6) is -0.959. The Morgan fingerprint density at radius 3 is 2.37 bits per heavy atom. The van der Waals surface area contributed by atoms with Gasteiger partial charge in [-0.25, -0.2) is 0 Å². The summed E-state index contributed by atoms with van der Waals surface area (Å²) in [4.78, 5) is 28.4. The summed E-state index contributed by atoms with van der Waals surface area (Å²) < 4.78 is 0. The molecule has 1 aliphatic rings. The van der Waals surface area contributed by atoms with Gasteiger partial charge in [0.1, 0.15) is 5.54 Å². The number of carboxylic acids is 1.